The van der Waals surface area contributed by atoms with Gasteiger partial charge in [0.25, 0.3) is 5.56 Å². The molecule has 0 aliphatic rings. The number of benzene rings is 2. The number of Topliss-reactive ketones (excluding diaryl/α,β-unsaturated/α-hetero) is 1. The Kier molecular flexibility index (Phi) is 6.58. The number of ether oxygens (including phenoxy) is 2. The van der Waals surface area contributed by atoms with Gasteiger partial charge in [-0.3, -0.25) is 18.7 Å². The van der Waals surface area contributed by atoms with Crippen molar-refractivity contribution in [3.05, 3.63) is 91.6 Å². The number of esters is 1. The Hall–Kier alpha value is -4.14. The molecule has 9 nitrogen and oxygen atoms in total. The second kappa shape index (κ2) is 9.34. The molecule has 0 unspecified atom stereocenters. The summed E-state index contributed by atoms with van der Waals surface area (Å²) in [5.41, 5.74) is 5.92. The minimum Gasteiger partial charge on any atom is -0.496 e. The number of carbonyl (C=O) groups excluding carboxylic acids is 2. The van der Waals surface area contributed by atoms with Crippen molar-refractivity contribution in [1.29, 1.82) is 0 Å². The second-order valence-corrected chi connectivity index (χ2v) is 7.16. The highest BCUT2D eigenvalue weighted by Gasteiger charge is 2.23. The normalized spacial score (nSPS) is 10.6. The summed E-state index contributed by atoms with van der Waals surface area (Å²) in [5, 5.41) is 0. The summed E-state index contributed by atoms with van der Waals surface area (Å²) in [6, 6.07) is 13.7. The van der Waals surface area contributed by atoms with Gasteiger partial charge in [-0.25, -0.2) is 9.59 Å². The van der Waals surface area contributed by atoms with Gasteiger partial charge in [-0.05, 0) is 30.2 Å². The molecule has 1 aromatic heterocycles. The van der Waals surface area contributed by atoms with Crippen molar-refractivity contribution in [2.75, 3.05) is 19.5 Å². The number of aryl methyl sites for hydroxylation is 1. The molecule has 3 rings (SSSR count). The van der Waals surface area contributed by atoms with Crippen molar-refractivity contribution in [2.45, 2.75) is 13.5 Å². The number of hydrogen-bond acceptors (Lipinski definition) is 7. The average Bonchev–Trinajstić information content (AvgIpc) is 2.80. The first-order valence-electron chi connectivity index (χ1n) is 9.72. The molecule has 0 spiro atoms. The molecule has 0 atom stereocenters. The maximum Gasteiger partial charge on any atom is 0.338 e. The Morgan fingerprint density at radius 1 is 1.06 bits per heavy atom. The van der Waals surface area contributed by atoms with Crippen LogP contribution < -0.4 is 21.7 Å². The quantitative estimate of drug-likeness (QED) is 0.439. The average molecular weight is 437 g/mol. The lowest BCUT2D eigenvalue weighted by Gasteiger charge is -2.15. The molecule has 166 valence electrons. The number of carbonyl (C=O) groups is 2. The Bertz CT molecular complexity index is 1290. The van der Waals surface area contributed by atoms with Crippen LogP contribution in [0, 0.1) is 6.92 Å². The Balaban J connectivity index is 1.87. The van der Waals surface area contributed by atoms with Crippen LogP contribution in [0.3, 0.4) is 0 Å². The SMILES string of the molecule is COc1cc(C(=O)OCC(=O)c2c(N)n(Cc3ccccc3)c(=O)n(C)c2=O)ccc1C. The van der Waals surface area contributed by atoms with E-state index in [2.05, 4.69) is 0 Å². The molecular weight excluding hydrogens is 414 g/mol. The second-order valence-electron chi connectivity index (χ2n) is 7.16. The standard InChI is InChI=1S/C23H23N3O6/c1-14-9-10-16(11-18(14)31-3)22(29)32-13-17(27)19-20(24)26(23(30)25(2)21(19)28)12-15-7-5-4-6-8-15/h4-11H,12-13,24H2,1-3H3. The van der Waals surface area contributed by atoms with Crippen molar-refractivity contribution in [3.63, 3.8) is 0 Å². The fourth-order valence-electron chi connectivity index (χ4n) is 3.20. The molecule has 1 heterocycles. The maximum absolute atomic E-state index is 12.8. The summed E-state index contributed by atoms with van der Waals surface area (Å²) in [4.78, 5) is 50.3. The van der Waals surface area contributed by atoms with Gasteiger partial charge in [0.05, 0.1) is 19.2 Å². The van der Waals surface area contributed by atoms with Crippen LogP contribution in [0.2, 0.25) is 0 Å². The first-order chi connectivity index (χ1) is 15.2. The molecule has 0 bridgehead atoms. The number of anilines is 1. The maximum atomic E-state index is 12.8. The number of nitrogens with two attached hydrogens (primary N) is 1. The zero-order valence-corrected chi connectivity index (χ0v) is 18.0. The van der Waals surface area contributed by atoms with Gasteiger partial charge in [-0.1, -0.05) is 36.4 Å². The minimum absolute atomic E-state index is 0.0723. The summed E-state index contributed by atoms with van der Waals surface area (Å²) in [6.07, 6.45) is 0. The molecule has 32 heavy (non-hydrogen) atoms. The summed E-state index contributed by atoms with van der Waals surface area (Å²) < 4.78 is 12.2. The molecule has 0 aliphatic carbocycles. The van der Waals surface area contributed by atoms with Gasteiger partial charge in [0.1, 0.15) is 17.1 Å². The lowest BCUT2D eigenvalue weighted by atomic mass is 10.1. The zero-order valence-electron chi connectivity index (χ0n) is 18.0. The fourth-order valence-corrected chi connectivity index (χ4v) is 3.20. The number of rotatable bonds is 7. The topological polar surface area (TPSA) is 123 Å². The van der Waals surface area contributed by atoms with E-state index >= 15 is 0 Å². The van der Waals surface area contributed by atoms with E-state index in [1.807, 2.05) is 13.0 Å². The first kappa shape index (κ1) is 22.5. The van der Waals surface area contributed by atoms with Crippen LogP contribution in [0.5, 0.6) is 5.75 Å². The van der Waals surface area contributed by atoms with E-state index in [4.69, 9.17) is 15.2 Å². The minimum atomic E-state index is -0.852. The van der Waals surface area contributed by atoms with Gasteiger partial charge < -0.3 is 15.2 Å². The summed E-state index contributed by atoms with van der Waals surface area (Å²) >= 11 is 0. The van der Waals surface area contributed by atoms with Crippen LogP contribution in [0.25, 0.3) is 0 Å². The Morgan fingerprint density at radius 3 is 2.41 bits per heavy atom. The predicted octanol–water partition coefficient (Wildman–Crippen LogP) is 1.53. The largest absolute Gasteiger partial charge is 0.496 e. The Morgan fingerprint density at radius 2 is 1.75 bits per heavy atom. The van der Waals surface area contributed by atoms with Gasteiger partial charge in [-0.2, -0.15) is 0 Å². The monoisotopic (exact) mass is 437 g/mol. The molecule has 0 aliphatic heterocycles. The number of aromatic nitrogens is 2. The number of hydrogen-bond donors (Lipinski definition) is 1. The van der Waals surface area contributed by atoms with E-state index in [0.29, 0.717) is 5.75 Å². The molecule has 9 heteroatoms. The number of nitrogens with zero attached hydrogens (tertiary/aromatic N) is 2. The van der Waals surface area contributed by atoms with Crippen LogP contribution in [0.4, 0.5) is 5.82 Å². The summed E-state index contributed by atoms with van der Waals surface area (Å²) in [6.45, 7) is 1.18. The third-order valence-corrected chi connectivity index (χ3v) is 5.02. The van der Waals surface area contributed by atoms with E-state index in [-0.39, 0.29) is 17.9 Å². The van der Waals surface area contributed by atoms with Crippen molar-refractivity contribution < 1.29 is 19.1 Å². The fraction of sp³-hybridized carbons (Fsp3) is 0.217. The van der Waals surface area contributed by atoms with E-state index in [1.54, 1.807) is 30.3 Å². The molecule has 0 fully saturated rings. The van der Waals surface area contributed by atoms with Gasteiger partial charge in [0.2, 0.25) is 5.78 Å². The van der Waals surface area contributed by atoms with Crippen LogP contribution in [-0.2, 0) is 18.3 Å². The molecule has 2 N–H and O–H groups in total. The van der Waals surface area contributed by atoms with Crippen molar-refractivity contribution in [1.82, 2.24) is 9.13 Å². The zero-order chi connectivity index (χ0) is 23.4. The predicted molar refractivity (Wildman–Crippen MR) is 118 cm³/mol. The molecule has 0 amide bonds. The van der Waals surface area contributed by atoms with E-state index in [0.717, 1.165) is 20.3 Å². The van der Waals surface area contributed by atoms with Crippen LogP contribution in [0.15, 0.2) is 58.1 Å². The third kappa shape index (κ3) is 4.46. The van der Waals surface area contributed by atoms with E-state index in [1.165, 1.54) is 26.3 Å². The summed E-state index contributed by atoms with van der Waals surface area (Å²) in [7, 11) is 2.73. The summed E-state index contributed by atoms with van der Waals surface area (Å²) in [5.74, 6) is -1.35. The molecule has 0 saturated heterocycles. The highest BCUT2D eigenvalue weighted by Crippen LogP contribution is 2.19. The highest BCUT2D eigenvalue weighted by molar-refractivity contribution is 6.02. The van der Waals surface area contributed by atoms with Gasteiger partial charge >= 0.3 is 11.7 Å². The lowest BCUT2D eigenvalue weighted by molar-refractivity contribution is 0.0474. The number of nitrogen functional groups attached to an aromatic ring is 1. The third-order valence-electron chi connectivity index (χ3n) is 5.02. The van der Waals surface area contributed by atoms with Crippen molar-refractivity contribution in [3.8, 4) is 5.75 Å². The molecule has 0 radical (unpaired) electrons. The van der Waals surface area contributed by atoms with Gasteiger partial charge in [0.15, 0.2) is 6.61 Å². The Labute approximate surface area is 183 Å². The van der Waals surface area contributed by atoms with Crippen LogP contribution in [-0.4, -0.2) is 34.6 Å². The smallest absolute Gasteiger partial charge is 0.338 e. The molecular formula is C23H23N3O6. The number of ketones is 1. The molecule has 0 saturated carbocycles. The number of methoxy groups -OCH3 is 1. The highest BCUT2D eigenvalue weighted by atomic mass is 16.5. The van der Waals surface area contributed by atoms with Crippen LogP contribution in [0.1, 0.15) is 31.8 Å². The van der Waals surface area contributed by atoms with E-state index < -0.39 is 35.2 Å². The molecule has 2 aromatic carbocycles. The van der Waals surface area contributed by atoms with Crippen molar-refractivity contribution >= 4 is 17.6 Å². The molecule has 3 aromatic rings. The van der Waals surface area contributed by atoms with Crippen LogP contribution >= 0.6 is 0 Å². The van der Waals surface area contributed by atoms with Gasteiger partial charge in [-0.15, -0.1) is 0 Å². The first-order valence-corrected chi connectivity index (χ1v) is 9.72. The van der Waals surface area contributed by atoms with E-state index in [9.17, 15) is 19.2 Å². The lowest BCUT2D eigenvalue weighted by Crippen LogP contribution is -2.43. The van der Waals surface area contributed by atoms with Crippen molar-refractivity contribution in [2.24, 2.45) is 7.05 Å². The van der Waals surface area contributed by atoms with Gasteiger partial charge in [0, 0.05) is 7.05 Å².